The van der Waals surface area contributed by atoms with Crippen LogP contribution < -0.4 is 10.1 Å². The average Bonchev–Trinajstić information content (AvgIpc) is 2.95. The number of ether oxygens (including phenoxy) is 1. The first-order valence-corrected chi connectivity index (χ1v) is 7.44. The second kappa shape index (κ2) is 8.00. The average molecular weight is 292 g/mol. The Morgan fingerprint density at radius 1 is 1.48 bits per heavy atom. The molecule has 0 bridgehead atoms. The van der Waals surface area contributed by atoms with E-state index >= 15 is 0 Å². The lowest BCUT2D eigenvalue weighted by Gasteiger charge is -2.15. The van der Waals surface area contributed by atoms with Crippen molar-refractivity contribution in [3.63, 3.8) is 0 Å². The summed E-state index contributed by atoms with van der Waals surface area (Å²) in [6, 6.07) is 7.85. The minimum Gasteiger partial charge on any atom is -0.496 e. The summed E-state index contributed by atoms with van der Waals surface area (Å²) in [5.74, 6) is 1.23. The second-order valence-corrected chi connectivity index (χ2v) is 5.48. The largest absolute Gasteiger partial charge is 0.496 e. The van der Waals surface area contributed by atoms with Crippen molar-refractivity contribution in [2.45, 2.75) is 12.8 Å². The molecule has 21 heavy (non-hydrogen) atoms. The third-order valence-corrected chi connectivity index (χ3v) is 3.90. The monoisotopic (exact) mass is 292 g/mol. The number of likely N-dealkylation sites (tertiary alicyclic amines) is 1. The van der Waals surface area contributed by atoms with E-state index < -0.39 is 0 Å². The minimum atomic E-state index is 0.0449. The lowest BCUT2D eigenvalue weighted by atomic mass is 10.1. The van der Waals surface area contributed by atoms with Gasteiger partial charge in [-0.15, -0.1) is 0 Å². The molecule has 2 rings (SSSR count). The molecular weight excluding hydrogens is 268 g/mol. The fraction of sp³-hybridized carbons (Fsp3) is 0.562. The van der Waals surface area contributed by atoms with Gasteiger partial charge in [-0.3, -0.25) is 9.69 Å². The zero-order valence-corrected chi connectivity index (χ0v) is 12.5. The summed E-state index contributed by atoms with van der Waals surface area (Å²) in [6.07, 6.45) is 1.74. The normalized spacial score (nSPS) is 18.7. The van der Waals surface area contributed by atoms with Crippen LogP contribution in [-0.2, 0) is 11.2 Å². The van der Waals surface area contributed by atoms with Gasteiger partial charge < -0.3 is 15.2 Å². The molecule has 0 spiro atoms. The molecule has 116 valence electrons. The molecule has 5 nitrogen and oxygen atoms in total. The zero-order valence-electron chi connectivity index (χ0n) is 12.5. The first-order valence-electron chi connectivity index (χ1n) is 7.44. The van der Waals surface area contributed by atoms with E-state index in [0.29, 0.717) is 19.0 Å². The standard InChI is InChI=1S/C16H24N2O3/c1-21-15-5-3-2-4-14(15)6-8-17-16(20)11-18-9-7-13(10-18)12-19/h2-5,13,19H,6-12H2,1H3,(H,17,20). The number of amides is 1. The van der Waals surface area contributed by atoms with E-state index in [0.717, 1.165) is 37.2 Å². The molecule has 1 amide bonds. The highest BCUT2D eigenvalue weighted by Crippen LogP contribution is 2.17. The maximum absolute atomic E-state index is 11.9. The Kier molecular flexibility index (Phi) is 6.02. The topological polar surface area (TPSA) is 61.8 Å². The third-order valence-electron chi connectivity index (χ3n) is 3.90. The fourth-order valence-electron chi connectivity index (χ4n) is 2.71. The number of aliphatic hydroxyl groups excluding tert-OH is 1. The van der Waals surface area contributed by atoms with E-state index in [-0.39, 0.29) is 12.5 Å². The van der Waals surface area contributed by atoms with Crippen LogP contribution in [0.3, 0.4) is 0 Å². The highest BCUT2D eigenvalue weighted by Gasteiger charge is 2.23. The number of hydrogen-bond donors (Lipinski definition) is 2. The number of methoxy groups -OCH3 is 1. The number of carbonyl (C=O) groups is 1. The molecule has 5 heteroatoms. The van der Waals surface area contributed by atoms with Crippen molar-refractivity contribution in [2.24, 2.45) is 5.92 Å². The van der Waals surface area contributed by atoms with Crippen molar-refractivity contribution in [2.75, 3.05) is 39.9 Å². The first-order chi connectivity index (χ1) is 10.2. The summed E-state index contributed by atoms with van der Waals surface area (Å²) in [7, 11) is 1.66. The molecule has 1 aromatic carbocycles. The molecular formula is C16H24N2O3. The molecule has 0 radical (unpaired) electrons. The number of rotatable bonds is 7. The minimum absolute atomic E-state index is 0.0449. The SMILES string of the molecule is COc1ccccc1CCNC(=O)CN1CCC(CO)C1. The highest BCUT2D eigenvalue weighted by molar-refractivity contribution is 5.78. The van der Waals surface area contributed by atoms with Gasteiger partial charge in [0, 0.05) is 19.7 Å². The fourth-order valence-corrected chi connectivity index (χ4v) is 2.71. The number of carbonyl (C=O) groups excluding carboxylic acids is 1. The van der Waals surface area contributed by atoms with Crippen LogP contribution in [0.1, 0.15) is 12.0 Å². The Hall–Kier alpha value is -1.59. The number of hydrogen-bond acceptors (Lipinski definition) is 4. The lowest BCUT2D eigenvalue weighted by Crippen LogP contribution is -2.37. The molecule has 2 N–H and O–H groups in total. The van der Waals surface area contributed by atoms with Crippen LogP contribution in [0.25, 0.3) is 0 Å². The molecule has 0 aromatic heterocycles. The summed E-state index contributed by atoms with van der Waals surface area (Å²) in [6.45, 7) is 2.95. The van der Waals surface area contributed by atoms with Crippen molar-refractivity contribution in [3.05, 3.63) is 29.8 Å². The van der Waals surface area contributed by atoms with Crippen LogP contribution in [-0.4, -0.2) is 55.8 Å². The zero-order chi connectivity index (χ0) is 15.1. The molecule has 1 heterocycles. The van der Waals surface area contributed by atoms with E-state index in [1.54, 1.807) is 7.11 Å². The number of nitrogens with one attached hydrogen (secondary N) is 1. The number of aliphatic hydroxyl groups is 1. The van der Waals surface area contributed by atoms with E-state index in [4.69, 9.17) is 9.84 Å². The molecule has 1 aliphatic heterocycles. The van der Waals surface area contributed by atoms with Gasteiger partial charge in [0.25, 0.3) is 0 Å². The predicted octanol–water partition coefficient (Wildman–Crippen LogP) is 0.668. The summed E-state index contributed by atoms with van der Waals surface area (Å²) in [5, 5.41) is 12.0. The van der Waals surface area contributed by atoms with Crippen molar-refractivity contribution >= 4 is 5.91 Å². The van der Waals surface area contributed by atoms with Gasteiger partial charge in [0.1, 0.15) is 5.75 Å². The molecule has 1 atom stereocenters. The Morgan fingerprint density at radius 2 is 2.29 bits per heavy atom. The summed E-state index contributed by atoms with van der Waals surface area (Å²) >= 11 is 0. The van der Waals surface area contributed by atoms with Gasteiger partial charge >= 0.3 is 0 Å². The van der Waals surface area contributed by atoms with Crippen LogP contribution in [0.2, 0.25) is 0 Å². The highest BCUT2D eigenvalue weighted by atomic mass is 16.5. The number of para-hydroxylation sites is 1. The van der Waals surface area contributed by atoms with Gasteiger partial charge in [0.15, 0.2) is 0 Å². The number of nitrogens with zero attached hydrogens (tertiary/aromatic N) is 1. The van der Waals surface area contributed by atoms with Crippen molar-refractivity contribution in [3.8, 4) is 5.75 Å². The van der Waals surface area contributed by atoms with Gasteiger partial charge in [0.2, 0.25) is 5.91 Å². The smallest absolute Gasteiger partial charge is 0.234 e. The van der Waals surface area contributed by atoms with E-state index in [1.165, 1.54) is 0 Å². The van der Waals surface area contributed by atoms with Crippen LogP contribution in [0, 0.1) is 5.92 Å². The van der Waals surface area contributed by atoms with Crippen LogP contribution in [0.5, 0.6) is 5.75 Å². The van der Waals surface area contributed by atoms with Gasteiger partial charge in [-0.25, -0.2) is 0 Å². The van der Waals surface area contributed by atoms with E-state index in [9.17, 15) is 4.79 Å². The Bertz CT molecular complexity index is 465. The number of benzene rings is 1. The molecule has 1 fully saturated rings. The maximum atomic E-state index is 11.9. The first kappa shape index (κ1) is 15.8. The molecule has 1 unspecified atom stereocenters. The molecule has 1 aromatic rings. The van der Waals surface area contributed by atoms with E-state index in [2.05, 4.69) is 10.2 Å². The quantitative estimate of drug-likeness (QED) is 0.775. The van der Waals surface area contributed by atoms with Crippen LogP contribution in [0.4, 0.5) is 0 Å². The van der Waals surface area contributed by atoms with Gasteiger partial charge in [0.05, 0.1) is 13.7 Å². The van der Waals surface area contributed by atoms with Gasteiger partial charge in [-0.1, -0.05) is 18.2 Å². The van der Waals surface area contributed by atoms with Crippen molar-refractivity contribution in [1.82, 2.24) is 10.2 Å². The lowest BCUT2D eigenvalue weighted by molar-refractivity contribution is -0.122. The molecule has 0 aliphatic carbocycles. The second-order valence-electron chi connectivity index (χ2n) is 5.48. The van der Waals surface area contributed by atoms with Crippen molar-refractivity contribution < 1.29 is 14.6 Å². The molecule has 1 saturated heterocycles. The molecule has 0 saturated carbocycles. The van der Waals surface area contributed by atoms with Gasteiger partial charge in [-0.2, -0.15) is 0 Å². The van der Waals surface area contributed by atoms with E-state index in [1.807, 2.05) is 24.3 Å². The summed E-state index contributed by atoms with van der Waals surface area (Å²) in [5.41, 5.74) is 1.10. The Morgan fingerprint density at radius 3 is 3.00 bits per heavy atom. The van der Waals surface area contributed by atoms with Crippen molar-refractivity contribution in [1.29, 1.82) is 0 Å². The van der Waals surface area contributed by atoms with Crippen LogP contribution >= 0.6 is 0 Å². The third kappa shape index (κ3) is 4.72. The predicted molar refractivity (Wildman–Crippen MR) is 81.3 cm³/mol. The van der Waals surface area contributed by atoms with Crippen LogP contribution in [0.15, 0.2) is 24.3 Å². The molecule has 1 aliphatic rings. The Balaban J connectivity index is 1.70. The summed E-state index contributed by atoms with van der Waals surface area (Å²) in [4.78, 5) is 14.0. The maximum Gasteiger partial charge on any atom is 0.234 e. The summed E-state index contributed by atoms with van der Waals surface area (Å²) < 4.78 is 5.29. The van der Waals surface area contributed by atoms with Gasteiger partial charge in [-0.05, 0) is 36.9 Å². The Labute approximate surface area is 125 Å².